The highest BCUT2D eigenvalue weighted by atomic mass is 32.2. The van der Waals surface area contributed by atoms with E-state index in [0.717, 1.165) is 18.4 Å². The fraction of sp³-hybridized carbons (Fsp3) is 0.381. The molecule has 0 aliphatic heterocycles. The Labute approximate surface area is 188 Å². The van der Waals surface area contributed by atoms with Crippen LogP contribution >= 0.6 is 0 Å². The lowest BCUT2D eigenvalue weighted by atomic mass is 9.93. The number of sulfone groups is 2. The zero-order valence-corrected chi connectivity index (χ0v) is 19.0. The molecule has 0 bridgehead atoms. The van der Waals surface area contributed by atoms with Crippen molar-refractivity contribution in [1.82, 2.24) is 5.32 Å². The predicted molar refractivity (Wildman–Crippen MR) is 112 cm³/mol. The second-order valence-electron chi connectivity index (χ2n) is 7.96. The number of halogens is 4. The van der Waals surface area contributed by atoms with Gasteiger partial charge in [-0.25, -0.2) is 21.2 Å². The Morgan fingerprint density at radius 3 is 2.06 bits per heavy atom. The van der Waals surface area contributed by atoms with Gasteiger partial charge in [0.25, 0.3) is 5.91 Å². The number of benzene rings is 2. The van der Waals surface area contributed by atoms with Gasteiger partial charge >= 0.3 is 6.18 Å². The van der Waals surface area contributed by atoms with Crippen molar-refractivity contribution in [2.45, 2.75) is 52.7 Å². The Balaban J connectivity index is 1.69. The summed E-state index contributed by atoms with van der Waals surface area (Å²) < 4.78 is 103. The largest absolute Gasteiger partial charge is 0.416 e. The van der Waals surface area contributed by atoms with Gasteiger partial charge in [-0.3, -0.25) is 4.79 Å². The lowest BCUT2D eigenvalue weighted by molar-refractivity contribution is -0.137. The minimum atomic E-state index is -4.77. The van der Waals surface area contributed by atoms with Crippen LogP contribution in [0.2, 0.25) is 0 Å². The van der Waals surface area contributed by atoms with Crippen LogP contribution in [0.4, 0.5) is 17.6 Å². The molecule has 33 heavy (non-hydrogen) atoms. The number of nitrogens with one attached hydrogen (secondary N) is 1. The van der Waals surface area contributed by atoms with Crippen molar-refractivity contribution in [2.75, 3.05) is 6.26 Å². The van der Waals surface area contributed by atoms with E-state index in [2.05, 4.69) is 5.32 Å². The standard InChI is InChI=1S/C21H21F4NO5S2/c1-32(28,29)17-7-5-14(6-8-17)19(27)26-16-9-11-20(22,12-10-16)33(30,31)18-4-2-3-15(13-18)21(23,24)25/h2-8,13,16H,9-12H2,1H3,(H,26,27)/t16-,20+. The third-order valence-corrected chi connectivity index (χ3v) is 8.94. The molecule has 0 unspecified atom stereocenters. The number of rotatable bonds is 5. The summed E-state index contributed by atoms with van der Waals surface area (Å²) in [5.74, 6) is -0.535. The summed E-state index contributed by atoms with van der Waals surface area (Å²) in [5, 5.41) is -0.102. The summed E-state index contributed by atoms with van der Waals surface area (Å²) in [7, 11) is -8.13. The van der Waals surface area contributed by atoms with Gasteiger partial charge in [0.05, 0.1) is 15.4 Å². The summed E-state index contributed by atoms with van der Waals surface area (Å²) in [5.41, 5.74) is -1.01. The van der Waals surface area contributed by atoms with E-state index in [9.17, 15) is 34.8 Å². The molecule has 2 aromatic carbocycles. The monoisotopic (exact) mass is 507 g/mol. The van der Waals surface area contributed by atoms with Crippen molar-refractivity contribution in [3.05, 3.63) is 59.7 Å². The first-order valence-electron chi connectivity index (χ1n) is 9.85. The third-order valence-electron chi connectivity index (χ3n) is 5.57. The molecular weight excluding hydrogens is 486 g/mol. The van der Waals surface area contributed by atoms with Crippen LogP contribution in [0.15, 0.2) is 58.3 Å². The molecule has 2 aromatic rings. The van der Waals surface area contributed by atoms with Gasteiger partial charge in [0, 0.05) is 17.9 Å². The van der Waals surface area contributed by atoms with E-state index in [4.69, 9.17) is 0 Å². The van der Waals surface area contributed by atoms with E-state index in [1.807, 2.05) is 0 Å². The first-order chi connectivity index (χ1) is 15.1. The van der Waals surface area contributed by atoms with Crippen LogP contribution in [0.3, 0.4) is 0 Å². The van der Waals surface area contributed by atoms with Gasteiger partial charge < -0.3 is 5.32 Å². The van der Waals surface area contributed by atoms with Crippen molar-refractivity contribution in [3.63, 3.8) is 0 Å². The molecule has 12 heteroatoms. The fourth-order valence-corrected chi connectivity index (χ4v) is 6.00. The zero-order chi connectivity index (χ0) is 24.7. The quantitative estimate of drug-likeness (QED) is 0.619. The molecule has 0 spiro atoms. The molecule has 0 radical (unpaired) electrons. The maximum atomic E-state index is 15.4. The molecule has 1 fully saturated rings. The smallest absolute Gasteiger partial charge is 0.349 e. The molecule has 3 rings (SSSR count). The van der Waals surface area contributed by atoms with Crippen molar-refractivity contribution in [3.8, 4) is 0 Å². The normalized spacial score (nSPS) is 22.0. The number of hydrogen-bond donors (Lipinski definition) is 1. The van der Waals surface area contributed by atoms with Crippen LogP contribution < -0.4 is 5.32 Å². The van der Waals surface area contributed by atoms with E-state index in [1.165, 1.54) is 24.3 Å². The second-order valence-corrected chi connectivity index (χ2v) is 12.2. The van der Waals surface area contributed by atoms with Crippen LogP contribution in [0.1, 0.15) is 41.6 Å². The second kappa shape index (κ2) is 8.71. The van der Waals surface area contributed by atoms with E-state index in [1.54, 1.807) is 0 Å². The summed E-state index contributed by atoms with van der Waals surface area (Å²) in [4.78, 5) is 11.7. The van der Waals surface area contributed by atoms with Gasteiger partial charge in [-0.1, -0.05) is 6.07 Å². The highest BCUT2D eigenvalue weighted by Gasteiger charge is 2.48. The average Bonchev–Trinajstić information content (AvgIpc) is 2.74. The van der Waals surface area contributed by atoms with Crippen molar-refractivity contribution >= 4 is 25.6 Å². The Morgan fingerprint density at radius 1 is 0.970 bits per heavy atom. The minimum Gasteiger partial charge on any atom is -0.349 e. The van der Waals surface area contributed by atoms with Crippen LogP contribution in [0.25, 0.3) is 0 Å². The maximum absolute atomic E-state index is 15.4. The molecule has 1 saturated carbocycles. The molecular formula is C21H21F4NO5S2. The summed E-state index contributed by atoms with van der Waals surface area (Å²) in [6.45, 7) is 0. The highest BCUT2D eigenvalue weighted by Crippen LogP contribution is 2.41. The van der Waals surface area contributed by atoms with Crippen LogP contribution in [0, 0.1) is 0 Å². The molecule has 180 valence electrons. The van der Waals surface area contributed by atoms with Gasteiger partial charge in [0.15, 0.2) is 9.84 Å². The van der Waals surface area contributed by atoms with Crippen molar-refractivity contribution in [2.24, 2.45) is 0 Å². The van der Waals surface area contributed by atoms with Gasteiger partial charge in [-0.15, -0.1) is 0 Å². The summed E-state index contributed by atoms with van der Waals surface area (Å²) in [6, 6.07) is 7.63. The van der Waals surface area contributed by atoms with E-state index < -0.39 is 66.1 Å². The first kappa shape index (κ1) is 25.2. The Bertz CT molecular complexity index is 1250. The minimum absolute atomic E-state index is 0.0398. The Kier molecular flexibility index (Phi) is 6.64. The van der Waals surface area contributed by atoms with Gasteiger partial charge in [0.2, 0.25) is 14.8 Å². The SMILES string of the molecule is CS(=O)(=O)c1ccc(C(=O)N[C@H]2CC[C@@](F)(S(=O)(=O)c3cccc(C(F)(F)F)c3)CC2)cc1. The van der Waals surface area contributed by atoms with Crippen LogP contribution in [0.5, 0.6) is 0 Å². The topological polar surface area (TPSA) is 97.4 Å². The molecule has 1 aliphatic carbocycles. The van der Waals surface area contributed by atoms with Crippen molar-refractivity contribution < 1.29 is 39.2 Å². The third kappa shape index (κ3) is 5.37. The van der Waals surface area contributed by atoms with Gasteiger partial charge in [0.1, 0.15) is 0 Å². The number of hydrogen-bond acceptors (Lipinski definition) is 5. The Morgan fingerprint density at radius 2 is 1.55 bits per heavy atom. The lowest BCUT2D eigenvalue weighted by Gasteiger charge is -2.34. The molecule has 0 atom stereocenters. The molecule has 1 amide bonds. The number of alkyl halides is 4. The van der Waals surface area contributed by atoms with Crippen molar-refractivity contribution in [1.29, 1.82) is 0 Å². The van der Waals surface area contributed by atoms with E-state index in [-0.39, 0.29) is 23.3 Å². The highest BCUT2D eigenvalue weighted by molar-refractivity contribution is 7.92. The molecule has 0 heterocycles. The number of amides is 1. The summed E-state index contributed by atoms with van der Waals surface area (Å²) in [6.07, 6.45) is -4.81. The number of carbonyl (C=O) groups is 1. The molecule has 0 saturated heterocycles. The Hall–Kier alpha value is -2.47. The molecule has 6 nitrogen and oxygen atoms in total. The zero-order valence-electron chi connectivity index (χ0n) is 17.4. The maximum Gasteiger partial charge on any atom is 0.416 e. The first-order valence-corrected chi connectivity index (χ1v) is 13.2. The molecule has 0 aromatic heterocycles. The lowest BCUT2D eigenvalue weighted by Crippen LogP contribution is -2.45. The number of carbonyl (C=O) groups excluding carboxylic acids is 1. The van der Waals surface area contributed by atoms with E-state index >= 15 is 4.39 Å². The van der Waals surface area contributed by atoms with Crippen LogP contribution in [-0.4, -0.2) is 40.0 Å². The predicted octanol–water partition coefficient (Wildman–Crippen LogP) is 3.92. The average molecular weight is 508 g/mol. The van der Waals surface area contributed by atoms with Gasteiger partial charge in [-0.2, -0.15) is 13.2 Å². The fourth-order valence-electron chi connectivity index (χ4n) is 3.63. The van der Waals surface area contributed by atoms with Gasteiger partial charge in [-0.05, 0) is 68.1 Å². The summed E-state index contributed by atoms with van der Waals surface area (Å²) >= 11 is 0. The van der Waals surface area contributed by atoms with Crippen LogP contribution in [-0.2, 0) is 25.9 Å². The molecule has 1 N–H and O–H groups in total. The molecule has 1 aliphatic rings. The van der Waals surface area contributed by atoms with E-state index in [0.29, 0.717) is 12.1 Å².